The molecule has 2 rings (SSSR count). The van der Waals surface area contributed by atoms with Crippen LogP contribution in [0.4, 0.5) is 5.69 Å². The predicted octanol–water partition coefficient (Wildman–Crippen LogP) is 3.06. The Hall–Kier alpha value is -2.87. The summed E-state index contributed by atoms with van der Waals surface area (Å²) in [6.07, 6.45) is 2.08. The number of aryl methyl sites for hydroxylation is 2. The normalized spacial score (nSPS) is 12.2. The summed E-state index contributed by atoms with van der Waals surface area (Å²) in [6.45, 7) is 7.82. The molecule has 0 unspecified atom stereocenters. The van der Waals surface area contributed by atoms with Crippen molar-refractivity contribution in [3.63, 3.8) is 0 Å². The molecule has 8 heteroatoms. The summed E-state index contributed by atoms with van der Waals surface area (Å²) in [5.74, 6) is -0.645. The Morgan fingerprint density at radius 2 is 1.70 bits per heavy atom. The van der Waals surface area contributed by atoms with Crippen molar-refractivity contribution < 1.29 is 18.0 Å². The lowest BCUT2D eigenvalue weighted by molar-refractivity contribution is -0.139. The van der Waals surface area contributed by atoms with Gasteiger partial charge in [-0.2, -0.15) is 0 Å². The molecule has 180 valence electrons. The Morgan fingerprint density at radius 1 is 1.03 bits per heavy atom. The van der Waals surface area contributed by atoms with Crippen molar-refractivity contribution in [3.05, 3.63) is 65.2 Å². The number of likely N-dealkylation sites (N-methyl/N-ethyl adjacent to an activating group) is 1. The van der Waals surface area contributed by atoms with Gasteiger partial charge in [-0.1, -0.05) is 55.0 Å². The minimum Gasteiger partial charge on any atom is -0.355 e. The van der Waals surface area contributed by atoms with Crippen molar-refractivity contribution in [2.24, 2.45) is 0 Å². The summed E-state index contributed by atoms with van der Waals surface area (Å²) in [7, 11) is -3.73. The van der Waals surface area contributed by atoms with Gasteiger partial charge in [0.05, 0.1) is 11.9 Å². The number of sulfonamides is 1. The summed E-state index contributed by atoms with van der Waals surface area (Å²) in [4.78, 5) is 27.8. The van der Waals surface area contributed by atoms with Gasteiger partial charge in [0.25, 0.3) is 0 Å². The summed E-state index contributed by atoms with van der Waals surface area (Å²) >= 11 is 0. The number of benzene rings is 2. The third-order valence-corrected chi connectivity index (χ3v) is 6.65. The summed E-state index contributed by atoms with van der Waals surface area (Å²) in [5.41, 5.74) is 3.27. The Morgan fingerprint density at radius 3 is 2.24 bits per heavy atom. The van der Waals surface area contributed by atoms with Gasteiger partial charge in [0.2, 0.25) is 21.8 Å². The van der Waals surface area contributed by atoms with Gasteiger partial charge in [0, 0.05) is 13.1 Å². The molecular formula is C25H35N3O4S. The molecule has 0 saturated carbocycles. The second-order valence-corrected chi connectivity index (χ2v) is 10.1. The van der Waals surface area contributed by atoms with Gasteiger partial charge < -0.3 is 10.2 Å². The number of carbonyl (C=O) groups is 2. The number of anilines is 1. The summed E-state index contributed by atoms with van der Waals surface area (Å²) < 4.78 is 26.4. The number of amides is 2. The van der Waals surface area contributed by atoms with E-state index < -0.39 is 22.0 Å². The summed E-state index contributed by atoms with van der Waals surface area (Å²) in [5, 5.41) is 2.80. The average Bonchev–Trinajstić information content (AvgIpc) is 2.75. The maximum atomic E-state index is 13.5. The van der Waals surface area contributed by atoms with Gasteiger partial charge in [-0.15, -0.1) is 0 Å². The van der Waals surface area contributed by atoms with Crippen molar-refractivity contribution >= 4 is 27.5 Å². The first-order valence-corrected chi connectivity index (χ1v) is 13.1. The molecule has 0 saturated heterocycles. The fraction of sp³-hybridized carbons (Fsp3) is 0.440. The Bertz CT molecular complexity index is 1050. The number of hydrogen-bond donors (Lipinski definition) is 1. The molecule has 2 amide bonds. The zero-order chi connectivity index (χ0) is 24.6. The molecule has 33 heavy (non-hydrogen) atoms. The van der Waals surface area contributed by atoms with E-state index in [-0.39, 0.29) is 12.5 Å². The fourth-order valence-electron chi connectivity index (χ4n) is 3.87. The van der Waals surface area contributed by atoms with Crippen molar-refractivity contribution in [1.82, 2.24) is 10.2 Å². The van der Waals surface area contributed by atoms with Gasteiger partial charge in [0.15, 0.2) is 0 Å². The Kier molecular flexibility index (Phi) is 9.46. The van der Waals surface area contributed by atoms with Crippen LogP contribution in [0.5, 0.6) is 0 Å². The van der Waals surface area contributed by atoms with Gasteiger partial charge in [-0.05, 0) is 50.8 Å². The first kappa shape index (κ1) is 26.4. The van der Waals surface area contributed by atoms with E-state index in [9.17, 15) is 18.0 Å². The average molecular weight is 474 g/mol. The van der Waals surface area contributed by atoms with Gasteiger partial charge in [0.1, 0.15) is 12.6 Å². The molecule has 1 N–H and O–H groups in total. The maximum Gasteiger partial charge on any atom is 0.244 e. The second kappa shape index (κ2) is 11.8. The Labute approximate surface area is 197 Å². The van der Waals surface area contributed by atoms with Crippen LogP contribution in [0.1, 0.15) is 37.0 Å². The van der Waals surface area contributed by atoms with E-state index in [2.05, 4.69) is 5.32 Å². The van der Waals surface area contributed by atoms with Crippen LogP contribution in [0, 0.1) is 13.8 Å². The molecule has 2 aromatic carbocycles. The van der Waals surface area contributed by atoms with Crippen LogP contribution >= 0.6 is 0 Å². The molecule has 7 nitrogen and oxygen atoms in total. The van der Waals surface area contributed by atoms with Gasteiger partial charge in [-0.3, -0.25) is 13.9 Å². The number of nitrogens with one attached hydrogen (secondary N) is 1. The molecule has 0 fully saturated rings. The lowest BCUT2D eigenvalue weighted by Gasteiger charge is -2.33. The van der Waals surface area contributed by atoms with E-state index in [1.165, 1.54) is 4.90 Å². The van der Waals surface area contributed by atoms with E-state index in [4.69, 9.17) is 0 Å². The van der Waals surface area contributed by atoms with Crippen molar-refractivity contribution in [2.75, 3.05) is 30.2 Å². The largest absolute Gasteiger partial charge is 0.355 e. The molecule has 0 radical (unpaired) electrons. The van der Waals surface area contributed by atoms with Crippen LogP contribution in [0.3, 0.4) is 0 Å². The van der Waals surface area contributed by atoms with Crippen LogP contribution in [-0.4, -0.2) is 57.1 Å². The lowest BCUT2D eigenvalue weighted by atomic mass is 10.1. The van der Waals surface area contributed by atoms with Gasteiger partial charge >= 0.3 is 0 Å². The molecule has 0 heterocycles. The van der Waals surface area contributed by atoms with Crippen LogP contribution in [-0.2, 0) is 26.0 Å². The van der Waals surface area contributed by atoms with Crippen LogP contribution in [0.2, 0.25) is 0 Å². The van der Waals surface area contributed by atoms with Crippen LogP contribution in [0.15, 0.2) is 48.5 Å². The highest BCUT2D eigenvalue weighted by Gasteiger charge is 2.31. The zero-order valence-corrected chi connectivity index (χ0v) is 21.0. The highest BCUT2D eigenvalue weighted by atomic mass is 32.2. The molecule has 0 bridgehead atoms. The summed E-state index contributed by atoms with van der Waals surface area (Å²) in [6, 6.07) is 14.4. The fourth-order valence-corrected chi connectivity index (χ4v) is 4.78. The molecule has 0 aliphatic heterocycles. The van der Waals surface area contributed by atoms with Crippen LogP contribution in [0.25, 0.3) is 0 Å². The minimum atomic E-state index is -3.73. The standard InChI is InChI=1S/C25H35N3O4S/c1-6-22(25(30)26-7-2)27(16-15-21-11-9-8-10-12-21)24(29)18-28(33(5,31)32)23-14-13-19(3)17-20(23)4/h8-14,17,22H,6-7,15-16,18H2,1-5H3,(H,26,30)/t22-/m1/s1. The minimum absolute atomic E-state index is 0.237. The van der Waals surface area contributed by atoms with Crippen molar-refractivity contribution in [2.45, 2.75) is 46.6 Å². The Balaban J connectivity index is 2.38. The second-order valence-electron chi connectivity index (χ2n) is 8.20. The van der Waals surface area contributed by atoms with E-state index in [0.717, 1.165) is 27.3 Å². The predicted molar refractivity (Wildman–Crippen MR) is 133 cm³/mol. The van der Waals surface area contributed by atoms with Gasteiger partial charge in [-0.25, -0.2) is 8.42 Å². The smallest absolute Gasteiger partial charge is 0.244 e. The SMILES string of the molecule is CCNC(=O)[C@@H](CC)N(CCc1ccccc1)C(=O)CN(c1ccc(C)cc1C)S(C)(=O)=O. The molecule has 1 atom stereocenters. The molecule has 0 aliphatic carbocycles. The molecular weight excluding hydrogens is 438 g/mol. The van der Waals surface area contributed by atoms with Crippen molar-refractivity contribution in [3.8, 4) is 0 Å². The molecule has 2 aromatic rings. The molecule has 0 aliphatic rings. The third kappa shape index (κ3) is 7.32. The van der Waals surface area contributed by atoms with E-state index >= 15 is 0 Å². The number of carbonyl (C=O) groups excluding carboxylic acids is 2. The maximum absolute atomic E-state index is 13.5. The topological polar surface area (TPSA) is 86.8 Å². The zero-order valence-electron chi connectivity index (χ0n) is 20.2. The highest BCUT2D eigenvalue weighted by Crippen LogP contribution is 2.24. The molecule has 0 spiro atoms. The number of hydrogen-bond acceptors (Lipinski definition) is 4. The third-order valence-electron chi connectivity index (χ3n) is 5.52. The van der Waals surface area contributed by atoms with E-state index in [0.29, 0.717) is 31.6 Å². The highest BCUT2D eigenvalue weighted by molar-refractivity contribution is 7.92. The monoisotopic (exact) mass is 473 g/mol. The number of rotatable bonds is 11. The van der Waals surface area contributed by atoms with E-state index in [1.54, 1.807) is 6.07 Å². The molecule has 0 aromatic heterocycles. The van der Waals surface area contributed by atoms with E-state index in [1.807, 2.05) is 70.2 Å². The first-order chi connectivity index (χ1) is 15.6. The first-order valence-electron chi connectivity index (χ1n) is 11.2. The van der Waals surface area contributed by atoms with Crippen LogP contribution < -0.4 is 9.62 Å². The quantitative estimate of drug-likeness (QED) is 0.543. The number of nitrogens with zero attached hydrogens (tertiary/aromatic N) is 2. The van der Waals surface area contributed by atoms with Crippen molar-refractivity contribution in [1.29, 1.82) is 0 Å². The lowest BCUT2D eigenvalue weighted by Crippen LogP contribution is -2.53.